The van der Waals surface area contributed by atoms with Gasteiger partial charge in [0.25, 0.3) is 5.89 Å². The number of aromatic nitrogens is 5. The van der Waals surface area contributed by atoms with Crippen LogP contribution >= 0.6 is 0 Å². The van der Waals surface area contributed by atoms with Crippen molar-refractivity contribution in [2.45, 2.75) is 32.2 Å². The zero-order chi connectivity index (χ0) is 12.5. The van der Waals surface area contributed by atoms with E-state index < -0.39 is 0 Å². The standard InChI is InChI=1S/C11H16N6O/c1-3-7(2)10-13-11(18-15-10)9-6-17(16-14-9)8-4-12-5-8/h6-8,12H,3-5H2,1-2H3. The molecular formula is C11H16N6O. The minimum Gasteiger partial charge on any atom is -0.332 e. The lowest BCUT2D eigenvalue weighted by molar-refractivity contribution is 0.313. The van der Waals surface area contributed by atoms with Crippen LogP contribution in [0.4, 0.5) is 0 Å². The quantitative estimate of drug-likeness (QED) is 0.868. The summed E-state index contributed by atoms with van der Waals surface area (Å²) in [4.78, 5) is 4.36. The van der Waals surface area contributed by atoms with E-state index in [0.717, 1.165) is 25.3 Å². The van der Waals surface area contributed by atoms with Crippen LogP contribution in [0.15, 0.2) is 10.7 Å². The lowest BCUT2D eigenvalue weighted by atomic mass is 10.1. The third kappa shape index (κ3) is 1.90. The normalized spacial score (nSPS) is 17.7. The Morgan fingerprint density at radius 1 is 1.56 bits per heavy atom. The molecule has 0 saturated carbocycles. The number of nitrogens with zero attached hydrogens (tertiary/aromatic N) is 5. The molecule has 3 heterocycles. The van der Waals surface area contributed by atoms with Crippen LogP contribution in [0.2, 0.25) is 0 Å². The third-order valence-corrected chi connectivity index (χ3v) is 3.36. The number of hydrogen-bond donors (Lipinski definition) is 1. The Bertz CT molecular complexity index is 488. The molecular weight excluding hydrogens is 232 g/mol. The van der Waals surface area contributed by atoms with Crippen LogP contribution in [0.3, 0.4) is 0 Å². The van der Waals surface area contributed by atoms with E-state index in [1.807, 2.05) is 10.9 Å². The third-order valence-electron chi connectivity index (χ3n) is 3.36. The predicted molar refractivity (Wildman–Crippen MR) is 63.9 cm³/mol. The van der Waals surface area contributed by atoms with Gasteiger partial charge in [-0.15, -0.1) is 5.10 Å². The molecule has 0 aliphatic carbocycles. The molecule has 96 valence electrons. The Labute approximate surface area is 105 Å². The maximum Gasteiger partial charge on any atom is 0.280 e. The average Bonchev–Trinajstić information content (AvgIpc) is 2.93. The molecule has 0 spiro atoms. The van der Waals surface area contributed by atoms with Crippen LogP contribution in [0.1, 0.15) is 38.1 Å². The van der Waals surface area contributed by atoms with Gasteiger partial charge in [-0.25, -0.2) is 4.68 Å². The minimum atomic E-state index is 0.299. The highest BCUT2D eigenvalue weighted by molar-refractivity contribution is 5.43. The van der Waals surface area contributed by atoms with Crippen molar-refractivity contribution in [1.82, 2.24) is 30.5 Å². The van der Waals surface area contributed by atoms with Gasteiger partial charge in [0.2, 0.25) is 0 Å². The highest BCUT2D eigenvalue weighted by atomic mass is 16.5. The molecule has 1 saturated heterocycles. The largest absolute Gasteiger partial charge is 0.332 e. The Morgan fingerprint density at radius 3 is 3.06 bits per heavy atom. The number of hydrogen-bond acceptors (Lipinski definition) is 6. The summed E-state index contributed by atoms with van der Waals surface area (Å²) in [6.07, 6.45) is 2.85. The fraction of sp³-hybridized carbons (Fsp3) is 0.636. The maximum atomic E-state index is 5.23. The highest BCUT2D eigenvalue weighted by Crippen LogP contribution is 2.21. The first-order valence-electron chi connectivity index (χ1n) is 6.24. The first kappa shape index (κ1) is 11.3. The number of rotatable bonds is 4. The summed E-state index contributed by atoms with van der Waals surface area (Å²) in [5.41, 5.74) is 0.643. The second-order valence-corrected chi connectivity index (χ2v) is 4.66. The van der Waals surface area contributed by atoms with Crippen LogP contribution in [-0.4, -0.2) is 38.2 Å². The van der Waals surface area contributed by atoms with Gasteiger partial charge in [-0.05, 0) is 6.42 Å². The van der Waals surface area contributed by atoms with Crippen molar-refractivity contribution < 1.29 is 4.52 Å². The summed E-state index contributed by atoms with van der Waals surface area (Å²) in [6.45, 7) is 6.04. The first-order chi connectivity index (χ1) is 8.78. The van der Waals surface area contributed by atoms with E-state index in [2.05, 4.69) is 39.6 Å². The second-order valence-electron chi connectivity index (χ2n) is 4.66. The summed E-state index contributed by atoms with van der Waals surface area (Å²) in [7, 11) is 0. The summed E-state index contributed by atoms with van der Waals surface area (Å²) in [5.74, 6) is 1.48. The molecule has 0 amide bonds. The van der Waals surface area contributed by atoms with Gasteiger partial charge in [0.05, 0.1) is 12.2 Å². The minimum absolute atomic E-state index is 0.299. The first-order valence-corrected chi connectivity index (χ1v) is 6.24. The Balaban J connectivity index is 1.81. The van der Waals surface area contributed by atoms with Crippen LogP contribution in [0.25, 0.3) is 11.6 Å². The Kier molecular flexibility index (Phi) is 2.83. The molecule has 3 rings (SSSR count). The van der Waals surface area contributed by atoms with Crippen molar-refractivity contribution in [1.29, 1.82) is 0 Å². The average molecular weight is 248 g/mol. The molecule has 1 fully saturated rings. The second kappa shape index (κ2) is 4.49. The van der Waals surface area contributed by atoms with Crippen LogP contribution in [0, 0.1) is 0 Å². The molecule has 1 N–H and O–H groups in total. The Morgan fingerprint density at radius 2 is 2.39 bits per heavy atom. The Hall–Kier alpha value is -1.76. The van der Waals surface area contributed by atoms with Crippen LogP contribution in [0.5, 0.6) is 0 Å². The van der Waals surface area contributed by atoms with E-state index in [1.165, 1.54) is 0 Å². The maximum absolute atomic E-state index is 5.23. The predicted octanol–water partition coefficient (Wildman–Crippen LogP) is 0.986. The van der Waals surface area contributed by atoms with Crippen LogP contribution < -0.4 is 5.32 Å². The van der Waals surface area contributed by atoms with E-state index in [9.17, 15) is 0 Å². The fourth-order valence-corrected chi connectivity index (χ4v) is 1.74. The molecule has 7 nitrogen and oxygen atoms in total. The van der Waals surface area contributed by atoms with Gasteiger partial charge < -0.3 is 9.84 Å². The molecule has 2 aromatic rings. The zero-order valence-corrected chi connectivity index (χ0v) is 10.5. The summed E-state index contributed by atoms with van der Waals surface area (Å²) in [6, 6.07) is 0.392. The molecule has 0 aromatic carbocycles. The molecule has 18 heavy (non-hydrogen) atoms. The zero-order valence-electron chi connectivity index (χ0n) is 10.5. The lowest BCUT2D eigenvalue weighted by Crippen LogP contribution is -2.43. The smallest absolute Gasteiger partial charge is 0.280 e. The van der Waals surface area contributed by atoms with Crippen LogP contribution in [-0.2, 0) is 0 Å². The molecule has 0 bridgehead atoms. The van der Waals surface area contributed by atoms with Crippen molar-refractivity contribution in [3.05, 3.63) is 12.0 Å². The topological polar surface area (TPSA) is 81.7 Å². The van der Waals surface area contributed by atoms with E-state index in [4.69, 9.17) is 4.52 Å². The van der Waals surface area contributed by atoms with Gasteiger partial charge in [-0.3, -0.25) is 0 Å². The monoisotopic (exact) mass is 248 g/mol. The van der Waals surface area contributed by atoms with Crippen molar-refractivity contribution in [3.8, 4) is 11.6 Å². The van der Waals surface area contributed by atoms with Gasteiger partial charge in [0.15, 0.2) is 11.5 Å². The highest BCUT2D eigenvalue weighted by Gasteiger charge is 2.22. The van der Waals surface area contributed by atoms with E-state index in [-0.39, 0.29) is 0 Å². The van der Waals surface area contributed by atoms with Gasteiger partial charge in [0.1, 0.15) is 0 Å². The van der Waals surface area contributed by atoms with E-state index >= 15 is 0 Å². The SMILES string of the molecule is CCC(C)c1noc(-c2cn(C3CNC3)nn2)n1. The molecule has 7 heteroatoms. The van der Waals surface area contributed by atoms with Gasteiger partial charge in [0, 0.05) is 19.0 Å². The number of nitrogens with one attached hydrogen (secondary N) is 1. The van der Waals surface area contributed by atoms with E-state index in [0.29, 0.717) is 23.5 Å². The molecule has 1 atom stereocenters. The van der Waals surface area contributed by atoms with E-state index in [1.54, 1.807) is 0 Å². The molecule has 0 radical (unpaired) electrons. The summed E-state index contributed by atoms with van der Waals surface area (Å²) < 4.78 is 7.07. The summed E-state index contributed by atoms with van der Waals surface area (Å²) in [5, 5.41) is 15.3. The van der Waals surface area contributed by atoms with Crippen molar-refractivity contribution >= 4 is 0 Å². The molecule has 1 aliphatic rings. The molecule has 1 aliphatic heterocycles. The molecule has 1 unspecified atom stereocenters. The van der Waals surface area contributed by atoms with Crippen molar-refractivity contribution in [3.63, 3.8) is 0 Å². The van der Waals surface area contributed by atoms with Crippen molar-refractivity contribution in [2.75, 3.05) is 13.1 Å². The lowest BCUT2D eigenvalue weighted by Gasteiger charge is -2.26. The molecule has 2 aromatic heterocycles. The van der Waals surface area contributed by atoms with Gasteiger partial charge in [-0.1, -0.05) is 24.2 Å². The van der Waals surface area contributed by atoms with Crippen molar-refractivity contribution in [2.24, 2.45) is 0 Å². The van der Waals surface area contributed by atoms with Gasteiger partial charge >= 0.3 is 0 Å². The fourth-order valence-electron chi connectivity index (χ4n) is 1.74. The van der Waals surface area contributed by atoms with Gasteiger partial charge in [-0.2, -0.15) is 4.98 Å². The summed E-state index contributed by atoms with van der Waals surface area (Å²) >= 11 is 0.